The topological polar surface area (TPSA) is 55.9 Å². The second-order valence-electron chi connectivity index (χ2n) is 4.01. The molecule has 0 saturated carbocycles. The predicted molar refractivity (Wildman–Crippen MR) is 71.2 cm³/mol. The van der Waals surface area contributed by atoms with Gasteiger partial charge in [-0.2, -0.15) is 5.10 Å². The Morgan fingerprint density at radius 1 is 1.50 bits per heavy atom. The third-order valence-electron chi connectivity index (χ3n) is 2.56. The lowest BCUT2D eigenvalue weighted by atomic mass is 10.2. The Bertz CT molecular complexity index is 553. The first kappa shape index (κ1) is 12.7. The van der Waals surface area contributed by atoms with Gasteiger partial charge >= 0.3 is 0 Å². The summed E-state index contributed by atoms with van der Waals surface area (Å²) in [6.45, 7) is 0.627. The number of anilines is 2. The standard InChI is InChI=1S/C12H14ClFN4/c1-18-5-3-8(17-18)2-4-16-12-7-10(14)9(13)6-11(12)15/h3,5-7,16H,2,4,15H2,1H3. The van der Waals surface area contributed by atoms with Crippen molar-refractivity contribution in [2.24, 2.45) is 7.05 Å². The van der Waals surface area contributed by atoms with Crippen molar-refractivity contribution < 1.29 is 4.39 Å². The normalized spacial score (nSPS) is 10.6. The third-order valence-corrected chi connectivity index (χ3v) is 2.85. The maximum absolute atomic E-state index is 13.3. The molecule has 0 fully saturated rings. The van der Waals surface area contributed by atoms with Gasteiger partial charge in [-0.25, -0.2) is 4.39 Å². The summed E-state index contributed by atoms with van der Waals surface area (Å²) in [5.74, 6) is -0.480. The Kier molecular flexibility index (Phi) is 3.72. The number of hydrogen-bond acceptors (Lipinski definition) is 3. The molecule has 18 heavy (non-hydrogen) atoms. The number of aryl methyl sites for hydroxylation is 1. The van der Waals surface area contributed by atoms with E-state index in [4.69, 9.17) is 17.3 Å². The Morgan fingerprint density at radius 3 is 2.94 bits per heavy atom. The van der Waals surface area contributed by atoms with Gasteiger partial charge in [-0.1, -0.05) is 11.6 Å². The molecule has 0 aliphatic carbocycles. The largest absolute Gasteiger partial charge is 0.397 e. The Morgan fingerprint density at radius 2 is 2.28 bits per heavy atom. The summed E-state index contributed by atoms with van der Waals surface area (Å²) in [6.07, 6.45) is 2.62. The molecule has 96 valence electrons. The molecule has 0 aliphatic heterocycles. The zero-order chi connectivity index (χ0) is 13.1. The van der Waals surface area contributed by atoms with Gasteiger partial charge in [-0.05, 0) is 12.1 Å². The van der Waals surface area contributed by atoms with Gasteiger partial charge in [0.25, 0.3) is 0 Å². The van der Waals surface area contributed by atoms with Crippen LogP contribution in [0.5, 0.6) is 0 Å². The minimum absolute atomic E-state index is 0.0303. The lowest BCUT2D eigenvalue weighted by Gasteiger charge is -2.09. The summed E-state index contributed by atoms with van der Waals surface area (Å²) in [5.41, 5.74) is 7.69. The summed E-state index contributed by atoms with van der Waals surface area (Å²) >= 11 is 5.62. The molecule has 4 nitrogen and oxygen atoms in total. The molecule has 0 bridgehead atoms. The van der Waals surface area contributed by atoms with Gasteiger partial charge in [0.2, 0.25) is 0 Å². The van der Waals surface area contributed by atoms with Crippen LogP contribution in [-0.4, -0.2) is 16.3 Å². The van der Waals surface area contributed by atoms with Crippen molar-refractivity contribution in [3.8, 4) is 0 Å². The van der Waals surface area contributed by atoms with Crippen molar-refractivity contribution in [1.82, 2.24) is 9.78 Å². The lowest BCUT2D eigenvalue weighted by molar-refractivity contribution is 0.629. The molecule has 2 aromatic rings. The molecule has 0 aliphatic rings. The summed E-state index contributed by atoms with van der Waals surface area (Å²) in [7, 11) is 1.86. The van der Waals surface area contributed by atoms with E-state index in [0.29, 0.717) is 17.9 Å². The van der Waals surface area contributed by atoms with E-state index in [1.807, 2.05) is 19.3 Å². The second-order valence-corrected chi connectivity index (χ2v) is 4.42. The van der Waals surface area contributed by atoms with Crippen molar-refractivity contribution in [2.45, 2.75) is 6.42 Å². The maximum atomic E-state index is 13.3. The zero-order valence-electron chi connectivity index (χ0n) is 9.95. The molecule has 0 spiro atoms. The van der Waals surface area contributed by atoms with Crippen LogP contribution in [0.2, 0.25) is 5.02 Å². The number of hydrogen-bond donors (Lipinski definition) is 2. The van der Waals surface area contributed by atoms with Crippen LogP contribution in [0.15, 0.2) is 24.4 Å². The van der Waals surface area contributed by atoms with Crippen LogP contribution < -0.4 is 11.1 Å². The van der Waals surface area contributed by atoms with E-state index >= 15 is 0 Å². The molecular formula is C12H14ClFN4. The van der Waals surface area contributed by atoms with Crippen LogP contribution in [0, 0.1) is 5.82 Å². The monoisotopic (exact) mass is 268 g/mol. The smallest absolute Gasteiger partial charge is 0.143 e. The Hall–Kier alpha value is -1.75. The molecule has 0 amide bonds. The highest BCUT2D eigenvalue weighted by Gasteiger charge is 2.06. The highest BCUT2D eigenvalue weighted by molar-refractivity contribution is 6.31. The average molecular weight is 269 g/mol. The lowest BCUT2D eigenvalue weighted by Crippen LogP contribution is -2.08. The van der Waals surface area contributed by atoms with Gasteiger partial charge < -0.3 is 11.1 Å². The molecule has 0 radical (unpaired) electrons. The molecule has 2 rings (SSSR count). The maximum Gasteiger partial charge on any atom is 0.143 e. The van der Waals surface area contributed by atoms with Gasteiger partial charge in [0.15, 0.2) is 0 Å². The van der Waals surface area contributed by atoms with Gasteiger partial charge in [0.05, 0.1) is 22.1 Å². The fourth-order valence-electron chi connectivity index (χ4n) is 1.64. The number of nitrogens with one attached hydrogen (secondary N) is 1. The van der Waals surface area contributed by atoms with Crippen molar-refractivity contribution in [3.63, 3.8) is 0 Å². The predicted octanol–water partition coefficient (Wildman–Crippen LogP) is 2.45. The zero-order valence-corrected chi connectivity index (χ0v) is 10.7. The highest BCUT2D eigenvalue weighted by atomic mass is 35.5. The number of rotatable bonds is 4. The van der Waals surface area contributed by atoms with Gasteiger partial charge in [-0.15, -0.1) is 0 Å². The van der Waals surface area contributed by atoms with Crippen molar-refractivity contribution >= 4 is 23.0 Å². The van der Waals surface area contributed by atoms with Gasteiger partial charge in [-0.3, -0.25) is 4.68 Å². The van der Waals surface area contributed by atoms with Crippen LogP contribution in [0.1, 0.15) is 5.69 Å². The summed E-state index contributed by atoms with van der Waals surface area (Å²) in [5, 5.41) is 7.34. The SMILES string of the molecule is Cn1ccc(CCNc2cc(F)c(Cl)cc2N)n1. The summed E-state index contributed by atoms with van der Waals surface area (Å²) in [4.78, 5) is 0. The molecule has 0 saturated heterocycles. The van der Waals surface area contributed by atoms with Crippen LogP contribution >= 0.6 is 11.6 Å². The number of nitrogens with zero attached hydrogens (tertiary/aromatic N) is 2. The molecule has 1 aromatic carbocycles. The second kappa shape index (κ2) is 5.27. The first-order valence-electron chi connectivity index (χ1n) is 5.53. The van der Waals surface area contributed by atoms with Crippen LogP contribution in [0.4, 0.5) is 15.8 Å². The average Bonchev–Trinajstić information content (AvgIpc) is 2.71. The Labute approximate surface area is 110 Å². The minimum atomic E-state index is -0.480. The van der Waals surface area contributed by atoms with E-state index in [1.165, 1.54) is 12.1 Å². The van der Waals surface area contributed by atoms with E-state index in [2.05, 4.69) is 10.4 Å². The van der Waals surface area contributed by atoms with Crippen molar-refractivity contribution in [3.05, 3.63) is 40.9 Å². The molecule has 0 unspecified atom stereocenters. The number of nitrogen functional groups attached to an aromatic ring is 1. The van der Waals surface area contributed by atoms with E-state index in [9.17, 15) is 4.39 Å². The van der Waals surface area contributed by atoms with E-state index in [-0.39, 0.29) is 5.02 Å². The highest BCUT2D eigenvalue weighted by Crippen LogP contribution is 2.25. The summed E-state index contributed by atoms with van der Waals surface area (Å²) < 4.78 is 15.0. The van der Waals surface area contributed by atoms with E-state index in [0.717, 1.165) is 12.1 Å². The quantitative estimate of drug-likeness (QED) is 0.838. The first-order chi connectivity index (χ1) is 8.56. The van der Waals surface area contributed by atoms with E-state index < -0.39 is 5.82 Å². The molecule has 1 aromatic heterocycles. The van der Waals surface area contributed by atoms with Crippen LogP contribution in [0.3, 0.4) is 0 Å². The van der Waals surface area contributed by atoms with Crippen LogP contribution in [-0.2, 0) is 13.5 Å². The van der Waals surface area contributed by atoms with Crippen LogP contribution in [0.25, 0.3) is 0 Å². The van der Waals surface area contributed by atoms with Crippen molar-refractivity contribution in [2.75, 3.05) is 17.6 Å². The number of halogens is 2. The van der Waals surface area contributed by atoms with Gasteiger partial charge in [0, 0.05) is 32.3 Å². The minimum Gasteiger partial charge on any atom is -0.397 e. The molecular weight excluding hydrogens is 255 g/mol. The molecule has 3 N–H and O–H groups in total. The fraction of sp³-hybridized carbons (Fsp3) is 0.250. The van der Waals surface area contributed by atoms with Gasteiger partial charge in [0.1, 0.15) is 5.82 Å². The number of nitrogens with two attached hydrogens (primary N) is 1. The molecule has 1 heterocycles. The Balaban J connectivity index is 1.96. The first-order valence-corrected chi connectivity index (χ1v) is 5.91. The molecule has 6 heteroatoms. The van der Waals surface area contributed by atoms with E-state index in [1.54, 1.807) is 4.68 Å². The summed E-state index contributed by atoms with van der Waals surface area (Å²) in [6, 6.07) is 4.64. The number of benzene rings is 1. The third kappa shape index (κ3) is 2.92. The van der Waals surface area contributed by atoms with Crippen molar-refractivity contribution in [1.29, 1.82) is 0 Å². The molecule has 0 atom stereocenters. The fourth-order valence-corrected chi connectivity index (χ4v) is 1.81. The number of aromatic nitrogens is 2.